The van der Waals surface area contributed by atoms with Gasteiger partial charge in [-0.3, -0.25) is 4.79 Å². The second-order valence-electron chi connectivity index (χ2n) is 5.41. The Morgan fingerprint density at radius 3 is 2.91 bits per heavy atom. The molecule has 0 radical (unpaired) electrons. The lowest BCUT2D eigenvalue weighted by molar-refractivity contribution is -0.119. The SMILES string of the molecule is O=C(C[C@@H]1CCCCO1)Nc1ccc2sc(C(=O)O)cc2c1. The van der Waals surface area contributed by atoms with Gasteiger partial charge in [-0.15, -0.1) is 11.3 Å². The molecule has 0 spiro atoms. The average Bonchev–Trinajstić information content (AvgIpc) is 2.91. The lowest BCUT2D eigenvalue weighted by Crippen LogP contribution is -2.25. The highest BCUT2D eigenvalue weighted by molar-refractivity contribution is 7.20. The third kappa shape index (κ3) is 3.45. The van der Waals surface area contributed by atoms with Gasteiger partial charge in [-0.25, -0.2) is 4.79 Å². The van der Waals surface area contributed by atoms with Crippen LogP contribution >= 0.6 is 11.3 Å². The maximum atomic E-state index is 12.0. The number of aromatic carboxylic acids is 1. The molecule has 0 aliphatic carbocycles. The standard InChI is InChI=1S/C16H17NO4S/c18-15(9-12-3-1-2-6-21-12)17-11-4-5-13-10(7-11)8-14(22-13)16(19)20/h4-5,7-8,12H,1-3,6,9H2,(H,17,18)(H,19,20)/t12-/m0/s1. The Morgan fingerprint density at radius 1 is 1.32 bits per heavy atom. The van der Waals surface area contributed by atoms with Crippen LogP contribution in [0.3, 0.4) is 0 Å². The van der Waals surface area contributed by atoms with E-state index in [1.54, 1.807) is 18.2 Å². The van der Waals surface area contributed by atoms with Gasteiger partial charge in [0, 0.05) is 17.0 Å². The minimum atomic E-state index is -0.929. The molecule has 1 aromatic carbocycles. The molecule has 6 heteroatoms. The summed E-state index contributed by atoms with van der Waals surface area (Å²) >= 11 is 1.23. The topological polar surface area (TPSA) is 75.6 Å². The van der Waals surface area contributed by atoms with Crippen molar-refractivity contribution in [3.05, 3.63) is 29.1 Å². The molecule has 1 amide bonds. The summed E-state index contributed by atoms with van der Waals surface area (Å²) in [6, 6.07) is 7.06. The molecule has 2 heterocycles. The predicted octanol–water partition coefficient (Wildman–Crippen LogP) is 3.50. The van der Waals surface area contributed by atoms with E-state index in [0.717, 1.165) is 36.0 Å². The van der Waals surface area contributed by atoms with Crippen LogP contribution in [0.4, 0.5) is 5.69 Å². The van der Waals surface area contributed by atoms with Crippen molar-refractivity contribution in [2.75, 3.05) is 11.9 Å². The highest BCUT2D eigenvalue weighted by Crippen LogP contribution is 2.28. The molecule has 5 nitrogen and oxygen atoms in total. The maximum absolute atomic E-state index is 12.0. The van der Waals surface area contributed by atoms with Gasteiger partial charge < -0.3 is 15.2 Å². The Labute approximate surface area is 131 Å². The normalized spacial score (nSPS) is 18.3. The highest BCUT2D eigenvalue weighted by Gasteiger charge is 2.18. The molecule has 0 bridgehead atoms. The van der Waals surface area contributed by atoms with Crippen LogP contribution in [-0.2, 0) is 9.53 Å². The van der Waals surface area contributed by atoms with E-state index in [1.807, 2.05) is 6.07 Å². The number of benzene rings is 1. The number of anilines is 1. The number of nitrogens with one attached hydrogen (secondary N) is 1. The van der Waals surface area contributed by atoms with Crippen molar-refractivity contribution >= 4 is 39.0 Å². The number of thiophene rings is 1. The fourth-order valence-corrected chi connectivity index (χ4v) is 3.50. The van der Waals surface area contributed by atoms with Gasteiger partial charge >= 0.3 is 5.97 Å². The monoisotopic (exact) mass is 319 g/mol. The number of rotatable bonds is 4. The van der Waals surface area contributed by atoms with Crippen LogP contribution in [0.5, 0.6) is 0 Å². The number of hydrogen-bond acceptors (Lipinski definition) is 4. The van der Waals surface area contributed by atoms with Crippen molar-refractivity contribution in [2.24, 2.45) is 0 Å². The zero-order valence-corrected chi connectivity index (χ0v) is 12.8. The van der Waals surface area contributed by atoms with Crippen molar-refractivity contribution < 1.29 is 19.4 Å². The van der Waals surface area contributed by atoms with E-state index in [4.69, 9.17) is 9.84 Å². The highest BCUT2D eigenvalue weighted by atomic mass is 32.1. The maximum Gasteiger partial charge on any atom is 0.345 e. The number of amides is 1. The van der Waals surface area contributed by atoms with Crippen molar-refractivity contribution in [1.82, 2.24) is 0 Å². The van der Waals surface area contributed by atoms with Gasteiger partial charge in [0.2, 0.25) is 5.91 Å². The van der Waals surface area contributed by atoms with Gasteiger partial charge in [0.25, 0.3) is 0 Å². The molecule has 116 valence electrons. The average molecular weight is 319 g/mol. The Kier molecular flexibility index (Phi) is 4.40. The first kappa shape index (κ1) is 15.0. The van der Waals surface area contributed by atoms with Crippen molar-refractivity contribution in [3.63, 3.8) is 0 Å². The van der Waals surface area contributed by atoms with E-state index >= 15 is 0 Å². The zero-order valence-electron chi connectivity index (χ0n) is 12.0. The number of carbonyl (C=O) groups excluding carboxylic acids is 1. The molecule has 22 heavy (non-hydrogen) atoms. The van der Waals surface area contributed by atoms with Crippen LogP contribution in [0, 0.1) is 0 Å². The van der Waals surface area contributed by atoms with Crippen LogP contribution in [0.2, 0.25) is 0 Å². The quantitative estimate of drug-likeness (QED) is 0.904. The predicted molar refractivity (Wildman–Crippen MR) is 85.6 cm³/mol. The molecule has 1 aliphatic heterocycles. The molecule has 1 fully saturated rings. The molecule has 1 atom stereocenters. The van der Waals surface area contributed by atoms with Crippen LogP contribution in [-0.4, -0.2) is 29.7 Å². The molecule has 3 rings (SSSR count). The lowest BCUT2D eigenvalue weighted by Gasteiger charge is -2.21. The van der Waals surface area contributed by atoms with E-state index in [-0.39, 0.29) is 12.0 Å². The zero-order chi connectivity index (χ0) is 15.5. The van der Waals surface area contributed by atoms with E-state index in [1.165, 1.54) is 11.3 Å². The molecule has 1 aliphatic rings. The Balaban J connectivity index is 1.67. The van der Waals surface area contributed by atoms with Crippen molar-refractivity contribution in [2.45, 2.75) is 31.8 Å². The Morgan fingerprint density at radius 2 is 2.18 bits per heavy atom. The van der Waals surface area contributed by atoms with Gasteiger partial charge in [0.15, 0.2) is 0 Å². The van der Waals surface area contributed by atoms with Gasteiger partial charge in [0.1, 0.15) is 4.88 Å². The number of carboxylic acid groups (broad SMARTS) is 1. The number of fused-ring (bicyclic) bond motifs is 1. The second kappa shape index (κ2) is 6.46. The van der Waals surface area contributed by atoms with Crippen LogP contribution in [0.25, 0.3) is 10.1 Å². The first-order valence-electron chi connectivity index (χ1n) is 7.30. The molecule has 0 saturated carbocycles. The molecule has 2 N–H and O–H groups in total. The van der Waals surface area contributed by atoms with E-state index in [9.17, 15) is 9.59 Å². The van der Waals surface area contributed by atoms with Crippen molar-refractivity contribution in [3.8, 4) is 0 Å². The number of carbonyl (C=O) groups is 2. The molecular formula is C16H17NO4S. The number of carboxylic acids is 1. The summed E-state index contributed by atoms with van der Waals surface area (Å²) in [5.41, 5.74) is 0.683. The van der Waals surface area contributed by atoms with E-state index < -0.39 is 5.97 Å². The molecule has 1 saturated heterocycles. The lowest BCUT2D eigenvalue weighted by atomic mass is 10.1. The van der Waals surface area contributed by atoms with Crippen LogP contribution < -0.4 is 5.32 Å². The first-order valence-corrected chi connectivity index (χ1v) is 8.12. The summed E-state index contributed by atoms with van der Waals surface area (Å²) in [4.78, 5) is 23.3. The third-order valence-corrected chi connectivity index (χ3v) is 4.80. The Hall–Kier alpha value is -1.92. The summed E-state index contributed by atoms with van der Waals surface area (Å²) in [5, 5.41) is 12.7. The van der Waals surface area contributed by atoms with E-state index in [2.05, 4.69) is 5.32 Å². The Bertz CT molecular complexity index is 703. The number of hydrogen-bond donors (Lipinski definition) is 2. The summed E-state index contributed by atoms with van der Waals surface area (Å²) < 4.78 is 6.46. The summed E-state index contributed by atoms with van der Waals surface area (Å²) in [5.74, 6) is -0.999. The minimum Gasteiger partial charge on any atom is -0.477 e. The summed E-state index contributed by atoms with van der Waals surface area (Å²) in [6.07, 6.45) is 3.48. The van der Waals surface area contributed by atoms with Gasteiger partial charge in [-0.2, -0.15) is 0 Å². The summed E-state index contributed by atoms with van der Waals surface area (Å²) in [7, 11) is 0. The molecule has 1 aromatic heterocycles. The first-order chi connectivity index (χ1) is 10.6. The fraction of sp³-hybridized carbons (Fsp3) is 0.375. The van der Waals surface area contributed by atoms with Crippen LogP contribution in [0.1, 0.15) is 35.4 Å². The number of ether oxygens (including phenoxy) is 1. The van der Waals surface area contributed by atoms with Crippen molar-refractivity contribution in [1.29, 1.82) is 0 Å². The van der Waals surface area contributed by atoms with E-state index in [0.29, 0.717) is 17.0 Å². The molecular weight excluding hydrogens is 302 g/mol. The van der Waals surface area contributed by atoms with Crippen LogP contribution in [0.15, 0.2) is 24.3 Å². The van der Waals surface area contributed by atoms with Gasteiger partial charge in [-0.1, -0.05) is 0 Å². The fourth-order valence-electron chi connectivity index (χ4n) is 2.61. The minimum absolute atomic E-state index is 0.0113. The largest absolute Gasteiger partial charge is 0.477 e. The molecule has 0 unspecified atom stereocenters. The third-order valence-electron chi connectivity index (χ3n) is 3.70. The smallest absolute Gasteiger partial charge is 0.345 e. The second-order valence-corrected chi connectivity index (χ2v) is 6.49. The molecule has 2 aromatic rings. The van der Waals surface area contributed by atoms with Gasteiger partial charge in [0.05, 0.1) is 12.5 Å². The summed E-state index contributed by atoms with van der Waals surface area (Å²) in [6.45, 7) is 0.733. The van der Waals surface area contributed by atoms with Gasteiger partial charge in [-0.05, 0) is 48.9 Å².